The highest BCUT2D eigenvalue weighted by Gasteiger charge is 2.30. The summed E-state index contributed by atoms with van der Waals surface area (Å²) < 4.78 is 4.94. The Balaban J connectivity index is 1.65. The molecule has 0 bridgehead atoms. The van der Waals surface area contributed by atoms with Crippen molar-refractivity contribution in [1.82, 2.24) is 9.13 Å². The molecule has 0 fully saturated rings. The minimum Gasteiger partial charge on any atom is -0.313 e. The van der Waals surface area contributed by atoms with E-state index in [9.17, 15) is 0 Å². The summed E-state index contributed by atoms with van der Waals surface area (Å²) in [6.45, 7) is 4.00. The standard InChI is InChI=1S/C32H24N2/c1-2-22-11-10-14-24(21-22)34-28-17-8-6-15-25(28)26-19-20-30-31(32(26)34)27-16-7-9-18-29(27)33(30)23-12-4-3-5-13-23/h2-18,21H,1,19-20H2. The molecule has 2 nitrogen and oxygen atoms in total. The number of fused-ring (bicyclic) bond motifs is 7. The first-order valence-corrected chi connectivity index (χ1v) is 11.9. The fraction of sp³-hybridized carbons (Fsp3) is 0.0625. The zero-order chi connectivity index (χ0) is 22.6. The average molecular weight is 437 g/mol. The van der Waals surface area contributed by atoms with E-state index in [2.05, 4.69) is 119 Å². The smallest absolute Gasteiger partial charge is 0.0597 e. The van der Waals surface area contributed by atoms with Crippen molar-refractivity contribution in [2.45, 2.75) is 12.8 Å². The second-order valence-corrected chi connectivity index (χ2v) is 8.99. The summed E-state index contributed by atoms with van der Waals surface area (Å²) in [6.07, 6.45) is 3.97. The lowest BCUT2D eigenvalue weighted by Crippen LogP contribution is -2.09. The fourth-order valence-corrected chi connectivity index (χ4v) is 5.79. The molecule has 0 unspecified atom stereocenters. The largest absolute Gasteiger partial charge is 0.313 e. The number of aromatic nitrogens is 2. The molecule has 1 aliphatic carbocycles. The van der Waals surface area contributed by atoms with Crippen LogP contribution in [0.3, 0.4) is 0 Å². The molecule has 34 heavy (non-hydrogen) atoms. The van der Waals surface area contributed by atoms with Crippen LogP contribution in [0.25, 0.3) is 50.5 Å². The van der Waals surface area contributed by atoms with E-state index in [1.807, 2.05) is 6.08 Å². The summed E-state index contributed by atoms with van der Waals surface area (Å²) in [5, 5.41) is 2.66. The molecular weight excluding hydrogens is 412 g/mol. The molecular formula is C32H24N2. The van der Waals surface area contributed by atoms with Gasteiger partial charge < -0.3 is 9.13 Å². The Morgan fingerprint density at radius 3 is 2.09 bits per heavy atom. The normalized spacial score (nSPS) is 12.6. The van der Waals surface area contributed by atoms with Crippen LogP contribution in [0.1, 0.15) is 16.8 Å². The molecule has 1 aliphatic rings. The van der Waals surface area contributed by atoms with E-state index in [0.717, 1.165) is 18.4 Å². The fourth-order valence-electron chi connectivity index (χ4n) is 5.79. The maximum absolute atomic E-state index is 4.00. The predicted molar refractivity (Wildman–Crippen MR) is 143 cm³/mol. The summed E-state index contributed by atoms with van der Waals surface area (Å²) >= 11 is 0. The Kier molecular flexibility index (Phi) is 4.16. The molecule has 0 saturated heterocycles. The van der Waals surface area contributed by atoms with Gasteiger partial charge in [0.1, 0.15) is 0 Å². The number of para-hydroxylation sites is 3. The van der Waals surface area contributed by atoms with E-state index in [0.29, 0.717) is 0 Å². The lowest BCUT2D eigenvalue weighted by Gasteiger charge is -2.20. The third-order valence-corrected chi connectivity index (χ3v) is 7.18. The van der Waals surface area contributed by atoms with E-state index >= 15 is 0 Å². The third kappa shape index (κ3) is 2.63. The van der Waals surface area contributed by atoms with Crippen molar-refractivity contribution >= 4 is 27.9 Å². The van der Waals surface area contributed by atoms with Gasteiger partial charge in [-0.2, -0.15) is 0 Å². The number of rotatable bonds is 3. The predicted octanol–water partition coefficient (Wildman–Crippen LogP) is 7.98. The highest BCUT2D eigenvalue weighted by atomic mass is 15.0. The van der Waals surface area contributed by atoms with Crippen LogP contribution in [0.5, 0.6) is 0 Å². The highest BCUT2D eigenvalue weighted by molar-refractivity contribution is 6.05. The molecule has 0 amide bonds. The van der Waals surface area contributed by atoms with Gasteiger partial charge in [-0.15, -0.1) is 0 Å². The van der Waals surface area contributed by atoms with Crippen molar-refractivity contribution in [2.75, 3.05) is 0 Å². The summed E-state index contributed by atoms with van der Waals surface area (Å²) in [7, 11) is 0. The van der Waals surface area contributed by atoms with Gasteiger partial charge in [-0.05, 0) is 60.4 Å². The first-order chi connectivity index (χ1) is 16.8. The molecule has 7 rings (SSSR count). The molecule has 2 aromatic heterocycles. The van der Waals surface area contributed by atoms with Crippen molar-refractivity contribution in [2.24, 2.45) is 0 Å². The second kappa shape index (κ2) is 7.36. The van der Waals surface area contributed by atoms with Gasteiger partial charge in [0.2, 0.25) is 0 Å². The molecule has 0 radical (unpaired) electrons. The van der Waals surface area contributed by atoms with Crippen molar-refractivity contribution in [3.05, 3.63) is 127 Å². The molecule has 0 N–H and O–H groups in total. The van der Waals surface area contributed by atoms with Gasteiger partial charge in [-0.3, -0.25) is 0 Å². The van der Waals surface area contributed by atoms with Gasteiger partial charge in [-0.1, -0.05) is 79.4 Å². The zero-order valence-electron chi connectivity index (χ0n) is 18.9. The summed E-state index contributed by atoms with van der Waals surface area (Å²) in [4.78, 5) is 0. The molecule has 0 spiro atoms. The van der Waals surface area contributed by atoms with Crippen LogP contribution < -0.4 is 0 Å². The van der Waals surface area contributed by atoms with Crippen LogP contribution in [0.4, 0.5) is 0 Å². The van der Waals surface area contributed by atoms with Gasteiger partial charge >= 0.3 is 0 Å². The Bertz CT molecular complexity index is 1710. The Labute approximate surface area is 199 Å². The van der Waals surface area contributed by atoms with Crippen molar-refractivity contribution in [3.63, 3.8) is 0 Å². The summed E-state index contributed by atoms with van der Waals surface area (Å²) in [5.74, 6) is 0. The van der Waals surface area contributed by atoms with Crippen LogP contribution >= 0.6 is 0 Å². The number of hydrogen-bond acceptors (Lipinski definition) is 0. The van der Waals surface area contributed by atoms with E-state index in [4.69, 9.17) is 0 Å². The van der Waals surface area contributed by atoms with E-state index in [1.54, 1.807) is 0 Å². The van der Waals surface area contributed by atoms with Crippen LogP contribution in [-0.4, -0.2) is 9.13 Å². The zero-order valence-corrected chi connectivity index (χ0v) is 18.9. The number of hydrogen-bond donors (Lipinski definition) is 0. The molecule has 0 saturated carbocycles. The maximum Gasteiger partial charge on any atom is 0.0597 e. The van der Waals surface area contributed by atoms with Crippen LogP contribution in [0.15, 0.2) is 110 Å². The average Bonchev–Trinajstić information content (AvgIpc) is 3.42. The third-order valence-electron chi connectivity index (χ3n) is 7.18. The van der Waals surface area contributed by atoms with Crippen molar-refractivity contribution in [1.29, 1.82) is 0 Å². The first-order valence-electron chi connectivity index (χ1n) is 11.9. The van der Waals surface area contributed by atoms with Gasteiger partial charge in [0.25, 0.3) is 0 Å². The summed E-state index contributed by atoms with van der Waals surface area (Å²) in [6, 6.07) is 37.2. The quantitative estimate of drug-likeness (QED) is 0.266. The number of nitrogens with zero attached hydrogens (tertiary/aromatic N) is 2. The van der Waals surface area contributed by atoms with Crippen LogP contribution in [-0.2, 0) is 12.8 Å². The number of aryl methyl sites for hydroxylation is 1. The second-order valence-electron chi connectivity index (χ2n) is 8.99. The van der Waals surface area contributed by atoms with Gasteiger partial charge in [0.15, 0.2) is 0 Å². The van der Waals surface area contributed by atoms with Crippen molar-refractivity contribution in [3.8, 4) is 22.6 Å². The Morgan fingerprint density at radius 2 is 1.29 bits per heavy atom. The Morgan fingerprint density at radius 1 is 0.618 bits per heavy atom. The van der Waals surface area contributed by atoms with Crippen LogP contribution in [0, 0.1) is 0 Å². The van der Waals surface area contributed by atoms with Gasteiger partial charge in [0.05, 0.1) is 16.7 Å². The van der Waals surface area contributed by atoms with E-state index < -0.39 is 0 Å². The van der Waals surface area contributed by atoms with Gasteiger partial charge in [0, 0.05) is 33.4 Å². The molecule has 6 aromatic rings. The molecule has 162 valence electrons. The van der Waals surface area contributed by atoms with E-state index in [1.165, 1.54) is 55.7 Å². The molecule has 4 aromatic carbocycles. The first kappa shape index (κ1) is 19.2. The lowest BCUT2D eigenvalue weighted by molar-refractivity contribution is 0.862. The minimum absolute atomic E-state index is 1.02. The molecule has 2 heteroatoms. The summed E-state index contributed by atoms with van der Waals surface area (Å²) in [5.41, 5.74) is 11.6. The van der Waals surface area contributed by atoms with Crippen molar-refractivity contribution < 1.29 is 0 Å². The lowest BCUT2D eigenvalue weighted by atomic mass is 9.91. The number of benzene rings is 4. The topological polar surface area (TPSA) is 9.86 Å². The Hall–Kier alpha value is -4.30. The van der Waals surface area contributed by atoms with Crippen LogP contribution in [0.2, 0.25) is 0 Å². The molecule has 0 atom stereocenters. The highest BCUT2D eigenvalue weighted by Crippen LogP contribution is 2.47. The maximum atomic E-state index is 4.00. The van der Waals surface area contributed by atoms with E-state index in [-0.39, 0.29) is 0 Å². The van der Waals surface area contributed by atoms with Gasteiger partial charge in [-0.25, -0.2) is 0 Å². The minimum atomic E-state index is 1.02. The SMILES string of the molecule is C=Cc1cccc(-n2c3c(c4ccccc42)CCc2c-3c3ccccc3n2-c2ccccc2)c1. The molecule has 0 aliphatic heterocycles. The molecule has 2 heterocycles. The monoisotopic (exact) mass is 436 g/mol.